The molecule has 2 heterocycles. The number of hydrogen-bond acceptors (Lipinski definition) is 2. The number of carbonyl (C=O) groups is 1. The summed E-state index contributed by atoms with van der Waals surface area (Å²) < 4.78 is 14.7. The average molecular weight is 283 g/mol. The lowest BCUT2D eigenvalue weighted by molar-refractivity contribution is -0.115. The second-order valence-electron chi connectivity index (χ2n) is 4.89. The predicted molar refractivity (Wildman–Crippen MR) is 78.7 cm³/mol. The molecule has 0 aliphatic carbocycles. The third kappa shape index (κ3) is 2.91. The Morgan fingerprint density at radius 3 is 2.76 bits per heavy atom. The number of nitrogens with zero attached hydrogens (tertiary/aromatic N) is 2. The van der Waals surface area contributed by atoms with E-state index in [-0.39, 0.29) is 18.1 Å². The molecular formula is C16H14FN3O. The summed E-state index contributed by atoms with van der Waals surface area (Å²) in [7, 11) is 0. The van der Waals surface area contributed by atoms with Crippen molar-refractivity contribution < 1.29 is 9.18 Å². The van der Waals surface area contributed by atoms with E-state index in [9.17, 15) is 9.18 Å². The Kier molecular flexibility index (Phi) is 3.39. The minimum Gasteiger partial charge on any atom is -0.326 e. The van der Waals surface area contributed by atoms with Crippen LogP contribution < -0.4 is 5.32 Å². The smallest absolute Gasteiger partial charge is 0.230 e. The van der Waals surface area contributed by atoms with Crippen LogP contribution in [0, 0.1) is 12.7 Å². The fourth-order valence-corrected chi connectivity index (χ4v) is 2.19. The van der Waals surface area contributed by atoms with Gasteiger partial charge in [0.05, 0.1) is 12.1 Å². The van der Waals surface area contributed by atoms with Gasteiger partial charge in [-0.05, 0) is 42.8 Å². The van der Waals surface area contributed by atoms with Crippen molar-refractivity contribution in [2.75, 3.05) is 5.32 Å². The molecule has 0 atom stereocenters. The second-order valence-corrected chi connectivity index (χ2v) is 4.89. The normalized spacial score (nSPS) is 10.8. The Morgan fingerprint density at radius 1 is 1.29 bits per heavy atom. The van der Waals surface area contributed by atoms with E-state index >= 15 is 0 Å². The molecule has 0 spiro atoms. The van der Waals surface area contributed by atoms with E-state index < -0.39 is 0 Å². The molecule has 4 nitrogen and oxygen atoms in total. The van der Waals surface area contributed by atoms with Crippen molar-refractivity contribution in [2.24, 2.45) is 0 Å². The molecule has 0 aliphatic heterocycles. The molecule has 21 heavy (non-hydrogen) atoms. The number of imidazole rings is 1. The van der Waals surface area contributed by atoms with Crippen LogP contribution in [-0.2, 0) is 11.2 Å². The van der Waals surface area contributed by atoms with E-state index in [1.54, 1.807) is 0 Å². The number of benzene rings is 1. The van der Waals surface area contributed by atoms with E-state index in [0.29, 0.717) is 11.4 Å². The third-order valence-corrected chi connectivity index (χ3v) is 3.20. The highest BCUT2D eigenvalue weighted by Crippen LogP contribution is 2.12. The van der Waals surface area contributed by atoms with Gasteiger partial charge in [-0.2, -0.15) is 0 Å². The van der Waals surface area contributed by atoms with E-state index in [1.165, 1.54) is 24.3 Å². The van der Waals surface area contributed by atoms with Crippen molar-refractivity contribution in [3.8, 4) is 0 Å². The van der Waals surface area contributed by atoms with E-state index in [2.05, 4.69) is 10.3 Å². The number of halogens is 1. The van der Waals surface area contributed by atoms with Crippen LogP contribution in [0.1, 0.15) is 11.3 Å². The lowest BCUT2D eigenvalue weighted by Gasteiger charge is -2.03. The number of nitrogens with one attached hydrogen (secondary N) is 1. The first-order valence-corrected chi connectivity index (χ1v) is 6.60. The Morgan fingerprint density at radius 2 is 2.05 bits per heavy atom. The molecule has 0 saturated heterocycles. The highest BCUT2D eigenvalue weighted by Gasteiger charge is 2.09. The van der Waals surface area contributed by atoms with Crippen molar-refractivity contribution in [1.82, 2.24) is 9.38 Å². The summed E-state index contributed by atoms with van der Waals surface area (Å²) >= 11 is 0. The van der Waals surface area contributed by atoms with Crippen molar-refractivity contribution in [1.29, 1.82) is 0 Å². The van der Waals surface area contributed by atoms with E-state index in [1.807, 2.05) is 35.9 Å². The molecule has 1 N–H and O–H groups in total. The first-order chi connectivity index (χ1) is 10.1. The van der Waals surface area contributed by atoms with Crippen molar-refractivity contribution in [3.05, 3.63) is 65.9 Å². The lowest BCUT2D eigenvalue weighted by Crippen LogP contribution is -2.14. The van der Waals surface area contributed by atoms with Crippen LogP contribution in [0.15, 0.2) is 48.8 Å². The topological polar surface area (TPSA) is 46.4 Å². The summed E-state index contributed by atoms with van der Waals surface area (Å²) in [5, 5.41) is 2.72. The van der Waals surface area contributed by atoms with Crippen molar-refractivity contribution in [3.63, 3.8) is 0 Å². The molecule has 0 bridgehead atoms. The zero-order valence-corrected chi connectivity index (χ0v) is 11.5. The van der Waals surface area contributed by atoms with Gasteiger partial charge in [0, 0.05) is 18.1 Å². The summed E-state index contributed by atoms with van der Waals surface area (Å²) in [5.74, 6) is -0.508. The summed E-state index contributed by atoms with van der Waals surface area (Å²) in [6.45, 7) is 1.98. The van der Waals surface area contributed by atoms with Gasteiger partial charge in [0.15, 0.2) is 0 Å². The third-order valence-electron chi connectivity index (χ3n) is 3.20. The molecule has 3 aromatic rings. The second kappa shape index (κ2) is 5.36. The molecule has 3 rings (SSSR count). The highest BCUT2D eigenvalue weighted by molar-refractivity contribution is 5.92. The van der Waals surface area contributed by atoms with Gasteiger partial charge < -0.3 is 9.72 Å². The Balaban J connectivity index is 1.74. The largest absolute Gasteiger partial charge is 0.326 e. The standard InChI is InChI=1S/C16H14FN3O/c1-11-3-2-8-20-10-14(19-16(11)20)9-15(21)18-13-6-4-12(17)5-7-13/h2-8,10H,9H2,1H3,(H,18,21). The number of aromatic nitrogens is 2. The molecule has 5 heteroatoms. The Hall–Kier alpha value is -2.69. The van der Waals surface area contributed by atoms with Gasteiger partial charge in [0.25, 0.3) is 0 Å². The van der Waals surface area contributed by atoms with Crippen LogP contribution in [0.25, 0.3) is 5.65 Å². The molecule has 1 aromatic carbocycles. The lowest BCUT2D eigenvalue weighted by atomic mass is 10.2. The zero-order valence-electron chi connectivity index (χ0n) is 11.5. The van der Waals surface area contributed by atoms with Crippen molar-refractivity contribution in [2.45, 2.75) is 13.3 Å². The maximum Gasteiger partial charge on any atom is 0.230 e. The average Bonchev–Trinajstić information content (AvgIpc) is 2.85. The molecule has 0 saturated carbocycles. The number of hydrogen-bond donors (Lipinski definition) is 1. The predicted octanol–water partition coefficient (Wildman–Crippen LogP) is 2.96. The van der Waals surface area contributed by atoms with Crippen LogP contribution in [0.3, 0.4) is 0 Å². The Bertz CT molecular complexity index is 793. The van der Waals surface area contributed by atoms with Gasteiger partial charge in [0.1, 0.15) is 11.5 Å². The summed E-state index contributed by atoms with van der Waals surface area (Å²) in [5.41, 5.74) is 3.18. The summed E-state index contributed by atoms with van der Waals surface area (Å²) in [6, 6.07) is 9.59. The monoisotopic (exact) mass is 283 g/mol. The van der Waals surface area contributed by atoms with Crippen LogP contribution >= 0.6 is 0 Å². The van der Waals surface area contributed by atoms with Crippen LogP contribution in [0.4, 0.5) is 10.1 Å². The number of aryl methyl sites for hydroxylation is 1. The van der Waals surface area contributed by atoms with Gasteiger partial charge in [-0.3, -0.25) is 4.79 Å². The zero-order chi connectivity index (χ0) is 14.8. The maximum atomic E-state index is 12.8. The fraction of sp³-hybridized carbons (Fsp3) is 0.125. The number of pyridine rings is 1. The van der Waals surface area contributed by atoms with E-state index in [4.69, 9.17) is 0 Å². The van der Waals surface area contributed by atoms with Crippen LogP contribution in [-0.4, -0.2) is 15.3 Å². The minimum absolute atomic E-state index is 0.178. The molecular weight excluding hydrogens is 269 g/mol. The van der Waals surface area contributed by atoms with Crippen LogP contribution in [0.5, 0.6) is 0 Å². The molecule has 0 fully saturated rings. The van der Waals surface area contributed by atoms with E-state index in [0.717, 1.165) is 11.2 Å². The highest BCUT2D eigenvalue weighted by atomic mass is 19.1. The van der Waals surface area contributed by atoms with Gasteiger partial charge in [-0.25, -0.2) is 9.37 Å². The van der Waals surface area contributed by atoms with Gasteiger partial charge >= 0.3 is 0 Å². The van der Waals surface area contributed by atoms with Gasteiger partial charge in [-0.1, -0.05) is 6.07 Å². The molecule has 0 unspecified atom stereocenters. The molecule has 0 radical (unpaired) electrons. The number of anilines is 1. The van der Waals surface area contributed by atoms with Crippen LogP contribution in [0.2, 0.25) is 0 Å². The molecule has 106 valence electrons. The number of amides is 1. The first kappa shape index (κ1) is 13.3. The van der Waals surface area contributed by atoms with Gasteiger partial charge in [-0.15, -0.1) is 0 Å². The first-order valence-electron chi connectivity index (χ1n) is 6.60. The SMILES string of the molecule is Cc1cccn2cc(CC(=O)Nc3ccc(F)cc3)nc12. The minimum atomic E-state index is -0.330. The maximum absolute atomic E-state index is 12.8. The van der Waals surface area contributed by atoms with Crippen molar-refractivity contribution >= 4 is 17.2 Å². The quantitative estimate of drug-likeness (QED) is 0.803. The summed E-state index contributed by atoms with van der Waals surface area (Å²) in [6.07, 6.45) is 3.92. The Labute approximate surface area is 121 Å². The molecule has 2 aromatic heterocycles. The summed E-state index contributed by atoms with van der Waals surface area (Å²) in [4.78, 5) is 16.4. The van der Waals surface area contributed by atoms with Gasteiger partial charge in [0.2, 0.25) is 5.91 Å². The molecule has 1 amide bonds. The number of rotatable bonds is 3. The fourth-order valence-electron chi connectivity index (χ4n) is 2.19. The number of fused-ring (bicyclic) bond motifs is 1. The number of carbonyl (C=O) groups excluding carboxylic acids is 1. The molecule has 0 aliphatic rings.